The first-order chi connectivity index (χ1) is 10.0. The van der Waals surface area contributed by atoms with Gasteiger partial charge >= 0.3 is 12.0 Å². The number of urea groups is 1. The maximum atomic E-state index is 11.7. The maximum absolute atomic E-state index is 11.7. The fourth-order valence-corrected chi connectivity index (χ4v) is 2.41. The average molecular weight is 310 g/mol. The summed E-state index contributed by atoms with van der Waals surface area (Å²) >= 11 is 1.76. The van der Waals surface area contributed by atoms with E-state index in [-0.39, 0.29) is 17.6 Å². The van der Waals surface area contributed by atoms with E-state index in [9.17, 15) is 9.59 Å². The van der Waals surface area contributed by atoms with Gasteiger partial charge in [-0.25, -0.2) is 9.59 Å². The molecule has 0 saturated carbocycles. The number of amides is 2. The van der Waals surface area contributed by atoms with Crippen molar-refractivity contribution in [3.05, 3.63) is 35.4 Å². The van der Waals surface area contributed by atoms with Crippen LogP contribution in [-0.4, -0.2) is 41.7 Å². The molecule has 21 heavy (non-hydrogen) atoms. The Kier molecular flexibility index (Phi) is 7.68. The smallest absolute Gasteiger partial charge is 0.335 e. The Morgan fingerprint density at radius 1 is 1.38 bits per heavy atom. The topological polar surface area (TPSA) is 78.4 Å². The summed E-state index contributed by atoms with van der Waals surface area (Å²) in [5.74, 6) is 0.0776. The molecular formula is C15H22N2O3S. The van der Waals surface area contributed by atoms with E-state index in [1.165, 1.54) is 0 Å². The fraction of sp³-hybridized carbons (Fsp3) is 0.467. The van der Waals surface area contributed by atoms with E-state index >= 15 is 0 Å². The highest BCUT2D eigenvalue weighted by Crippen LogP contribution is 2.05. The molecule has 0 saturated heterocycles. The molecule has 1 aromatic carbocycles. The second-order valence-corrected chi connectivity index (χ2v) is 5.82. The van der Waals surface area contributed by atoms with E-state index in [2.05, 4.69) is 10.6 Å². The summed E-state index contributed by atoms with van der Waals surface area (Å²) in [6, 6.07) is 6.71. The summed E-state index contributed by atoms with van der Waals surface area (Å²) in [5.41, 5.74) is 1.16. The van der Waals surface area contributed by atoms with Crippen LogP contribution in [0.25, 0.3) is 0 Å². The van der Waals surface area contributed by atoms with Gasteiger partial charge in [0.15, 0.2) is 0 Å². The molecule has 0 aliphatic heterocycles. The van der Waals surface area contributed by atoms with Crippen LogP contribution in [0.3, 0.4) is 0 Å². The minimum absolute atomic E-state index is 0.146. The molecule has 0 heterocycles. The zero-order valence-corrected chi connectivity index (χ0v) is 13.2. The lowest BCUT2D eigenvalue weighted by atomic mass is 10.1. The van der Waals surface area contributed by atoms with Crippen LogP contribution in [-0.2, 0) is 6.42 Å². The highest BCUT2D eigenvalue weighted by Gasteiger charge is 2.07. The van der Waals surface area contributed by atoms with Crippen molar-refractivity contribution in [2.24, 2.45) is 0 Å². The van der Waals surface area contributed by atoms with Gasteiger partial charge in [0.25, 0.3) is 0 Å². The third-order valence-corrected chi connectivity index (χ3v) is 3.65. The lowest BCUT2D eigenvalue weighted by Gasteiger charge is -2.14. The molecule has 6 heteroatoms. The molecule has 2 amide bonds. The molecule has 0 aliphatic carbocycles. The van der Waals surface area contributed by atoms with Crippen LogP contribution in [0.4, 0.5) is 4.79 Å². The van der Waals surface area contributed by atoms with Crippen molar-refractivity contribution in [3.63, 3.8) is 0 Å². The molecule has 3 N–H and O–H groups in total. The van der Waals surface area contributed by atoms with Gasteiger partial charge in [-0.1, -0.05) is 12.1 Å². The number of hydrogen-bond donors (Lipinski definition) is 3. The van der Waals surface area contributed by atoms with Crippen molar-refractivity contribution >= 4 is 23.8 Å². The van der Waals surface area contributed by atoms with Gasteiger partial charge in [0, 0.05) is 12.6 Å². The first kappa shape index (κ1) is 17.4. The summed E-state index contributed by atoms with van der Waals surface area (Å²) in [6.45, 7) is 2.45. The molecule has 1 rings (SSSR count). The first-order valence-corrected chi connectivity index (χ1v) is 8.28. The van der Waals surface area contributed by atoms with Gasteiger partial charge in [0.1, 0.15) is 0 Å². The Balaban J connectivity index is 2.31. The molecule has 5 nitrogen and oxygen atoms in total. The minimum Gasteiger partial charge on any atom is -0.478 e. The Bertz CT molecular complexity index is 480. The summed E-state index contributed by atoms with van der Waals surface area (Å²) in [5, 5.41) is 14.6. The third-order valence-electron chi connectivity index (χ3n) is 3.01. The number of hydrogen-bond acceptors (Lipinski definition) is 3. The van der Waals surface area contributed by atoms with Crippen LogP contribution in [0.2, 0.25) is 0 Å². The van der Waals surface area contributed by atoms with Crippen LogP contribution in [0.5, 0.6) is 0 Å². The van der Waals surface area contributed by atoms with Crippen molar-refractivity contribution in [1.29, 1.82) is 0 Å². The number of carbonyl (C=O) groups is 2. The molecule has 0 aliphatic rings. The molecule has 0 spiro atoms. The molecule has 116 valence electrons. The summed E-state index contributed by atoms with van der Waals surface area (Å²) in [6.07, 6.45) is 3.58. The Morgan fingerprint density at radius 2 is 2.14 bits per heavy atom. The maximum Gasteiger partial charge on any atom is 0.335 e. The van der Waals surface area contributed by atoms with Crippen LogP contribution in [0.1, 0.15) is 29.3 Å². The summed E-state index contributed by atoms with van der Waals surface area (Å²) in [7, 11) is 0. The van der Waals surface area contributed by atoms with Crippen LogP contribution < -0.4 is 10.6 Å². The third kappa shape index (κ3) is 7.04. The number of benzene rings is 1. The Labute approximate surface area is 129 Å². The van der Waals surface area contributed by atoms with Crippen LogP contribution in [0, 0.1) is 0 Å². The zero-order chi connectivity index (χ0) is 15.7. The van der Waals surface area contributed by atoms with Crippen molar-refractivity contribution in [3.8, 4) is 0 Å². The Morgan fingerprint density at radius 3 is 2.81 bits per heavy atom. The Hall–Kier alpha value is -1.69. The van der Waals surface area contributed by atoms with E-state index in [0.29, 0.717) is 13.0 Å². The van der Waals surface area contributed by atoms with Gasteiger partial charge in [-0.15, -0.1) is 0 Å². The van der Waals surface area contributed by atoms with E-state index < -0.39 is 5.97 Å². The first-order valence-electron chi connectivity index (χ1n) is 6.88. The zero-order valence-electron chi connectivity index (χ0n) is 12.4. The van der Waals surface area contributed by atoms with Crippen LogP contribution >= 0.6 is 11.8 Å². The number of thioether (sulfide) groups is 1. The minimum atomic E-state index is -0.940. The van der Waals surface area contributed by atoms with Gasteiger partial charge in [0.05, 0.1) is 5.56 Å². The number of carboxylic acid groups (broad SMARTS) is 1. The van der Waals surface area contributed by atoms with Gasteiger partial charge in [-0.3, -0.25) is 0 Å². The van der Waals surface area contributed by atoms with E-state index in [1.54, 1.807) is 30.0 Å². The lowest BCUT2D eigenvalue weighted by molar-refractivity contribution is 0.0696. The predicted octanol–water partition coefficient (Wildman–Crippen LogP) is 2.37. The van der Waals surface area contributed by atoms with E-state index in [4.69, 9.17) is 5.11 Å². The molecule has 1 atom stereocenters. The van der Waals surface area contributed by atoms with Gasteiger partial charge in [-0.2, -0.15) is 11.8 Å². The molecule has 0 radical (unpaired) electrons. The fourth-order valence-electron chi connectivity index (χ4n) is 1.82. The number of nitrogens with one attached hydrogen (secondary N) is 2. The second kappa shape index (κ2) is 9.28. The second-order valence-electron chi connectivity index (χ2n) is 4.84. The molecule has 0 fully saturated rings. The standard InChI is InChI=1S/C15H22N2O3S/c1-11(7-9-21-2)17-15(20)16-8-6-12-4-3-5-13(10-12)14(18)19/h3-5,10-11H,6-9H2,1-2H3,(H,18,19)(H2,16,17,20). The molecule has 0 aromatic heterocycles. The van der Waals surface area contributed by atoms with Gasteiger partial charge in [0.2, 0.25) is 0 Å². The molecular weight excluding hydrogens is 288 g/mol. The highest BCUT2D eigenvalue weighted by atomic mass is 32.2. The largest absolute Gasteiger partial charge is 0.478 e. The van der Waals surface area contributed by atoms with E-state index in [0.717, 1.165) is 17.7 Å². The number of carbonyl (C=O) groups excluding carboxylic acids is 1. The molecule has 1 aromatic rings. The van der Waals surface area contributed by atoms with Crippen molar-refractivity contribution in [2.45, 2.75) is 25.8 Å². The monoisotopic (exact) mass is 310 g/mol. The number of rotatable bonds is 8. The molecule has 0 bridgehead atoms. The van der Waals surface area contributed by atoms with Gasteiger partial charge < -0.3 is 15.7 Å². The van der Waals surface area contributed by atoms with Crippen molar-refractivity contribution in [2.75, 3.05) is 18.6 Å². The number of aromatic carboxylic acids is 1. The normalized spacial score (nSPS) is 11.7. The van der Waals surface area contributed by atoms with Gasteiger partial charge in [-0.05, 0) is 49.5 Å². The van der Waals surface area contributed by atoms with Crippen molar-refractivity contribution in [1.82, 2.24) is 10.6 Å². The summed E-state index contributed by atoms with van der Waals surface area (Å²) < 4.78 is 0. The van der Waals surface area contributed by atoms with Crippen LogP contribution in [0.15, 0.2) is 24.3 Å². The van der Waals surface area contributed by atoms with Crippen molar-refractivity contribution < 1.29 is 14.7 Å². The SMILES string of the molecule is CSCCC(C)NC(=O)NCCc1cccc(C(=O)O)c1. The highest BCUT2D eigenvalue weighted by molar-refractivity contribution is 7.98. The average Bonchev–Trinajstić information content (AvgIpc) is 2.45. The predicted molar refractivity (Wildman–Crippen MR) is 86.1 cm³/mol. The summed E-state index contributed by atoms with van der Waals surface area (Å²) in [4.78, 5) is 22.5. The number of carboxylic acids is 1. The quantitative estimate of drug-likeness (QED) is 0.689. The van der Waals surface area contributed by atoms with E-state index in [1.807, 2.05) is 19.2 Å². The lowest BCUT2D eigenvalue weighted by Crippen LogP contribution is -2.41. The molecule has 1 unspecified atom stereocenters.